The summed E-state index contributed by atoms with van der Waals surface area (Å²) in [6.45, 7) is 2.94. The minimum Gasteiger partial charge on any atom is -0.427 e. The van der Waals surface area contributed by atoms with Gasteiger partial charge in [-0.2, -0.15) is 0 Å². The molecular formula is C17H15BrClN3O5. The van der Waals surface area contributed by atoms with E-state index in [4.69, 9.17) is 16.3 Å². The van der Waals surface area contributed by atoms with Crippen LogP contribution in [0.4, 0.5) is 11.5 Å². The van der Waals surface area contributed by atoms with Crippen LogP contribution in [0.25, 0.3) is 0 Å². The van der Waals surface area contributed by atoms with Crippen molar-refractivity contribution < 1.29 is 19.2 Å². The first-order valence-corrected chi connectivity index (χ1v) is 8.93. The molecule has 0 fully saturated rings. The van der Waals surface area contributed by atoms with Gasteiger partial charge in [0.2, 0.25) is 11.7 Å². The van der Waals surface area contributed by atoms with E-state index in [1.54, 1.807) is 19.1 Å². The number of anilines is 1. The van der Waals surface area contributed by atoms with Gasteiger partial charge in [0.25, 0.3) is 0 Å². The first-order chi connectivity index (χ1) is 12.7. The summed E-state index contributed by atoms with van der Waals surface area (Å²) in [6, 6.07) is 7.39. The molecule has 0 aliphatic heterocycles. The third kappa shape index (κ3) is 5.73. The van der Waals surface area contributed by atoms with E-state index in [0.717, 1.165) is 0 Å². The molecule has 10 heteroatoms. The van der Waals surface area contributed by atoms with Crippen LogP contribution < -0.4 is 10.1 Å². The first kappa shape index (κ1) is 20.8. The van der Waals surface area contributed by atoms with Crippen molar-refractivity contribution in [1.29, 1.82) is 0 Å². The summed E-state index contributed by atoms with van der Waals surface area (Å²) in [7, 11) is 0. The molecule has 0 aliphatic rings. The van der Waals surface area contributed by atoms with Crippen LogP contribution in [0, 0.1) is 16.0 Å². The lowest BCUT2D eigenvalue weighted by Gasteiger charge is -2.13. The molecule has 27 heavy (non-hydrogen) atoms. The Balaban J connectivity index is 2.11. The Morgan fingerprint density at radius 3 is 2.67 bits per heavy atom. The highest BCUT2D eigenvalue weighted by Gasteiger charge is 2.22. The second-order valence-corrected chi connectivity index (χ2v) is 6.92. The minimum absolute atomic E-state index is 0.137. The summed E-state index contributed by atoms with van der Waals surface area (Å²) < 4.78 is 5.31. The molecule has 8 nitrogen and oxygen atoms in total. The predicted molar refractivity (Wildman–Crippen MR) is 103 cm³/mol. The van der Waals surface area contributed by atoms with Crippen LogP contribution in [-0.2, 0) is 16.0 Å². The lowest BCUT2D eigenvalue weighted by Crippen LogP contribution is -2.23. The number of nitrogens with zero attached hydrogens (tertiary/aromatic N) is 2. The van der Waals surface area contributed by atoms with Crippen LogP contribution >= 0.6 is 27.5 Å². The van der Waals surface area contributed by atoms with E-state index >= 15 is 0 Å². The third-order valence-electron chi connectivity index (χ3n) is 3.54. The Labute approximate surface area is 168 Å². The van der Waals surface area contributed by atoms with Crippen molar-refractivity contribution in [2.75, 3.05) is 5.32 Å². The number of hydrogen-bond acceptors (Lipinski definition) is 6. The quantitative estimate of drug-likeness (QED) is 0.230. The number of carbonyl (C=O) groups excluding carboxylic acids is 2. The molecule has 1 heterocycles. The monoisotopic (exact) mass is 455 g/mol. The number of nitro groups is 1. The lowest BCUT2D eigenvalue weighted by atomic mass is 10.00. The first-order valence-electron chi connectivity index (χ1n) is 7.76. The molecule has 0 spiro atoms. The van der Waals surface area contributed by atoms with Crippen molar-refractivity contribution >= 4 is 50.9 Å². The highest BCUT2D eigenvalue weighted by atomic mass is 79.9. The number of nitrogens with one attached hydrogen (secondary N) is 1. The molecule has 0 saturated carbocycles. The molecule has 0 saturated heterocycles. The van der Waals surface area contributed by atoms with Crippen molar-refractivity contribution in [1.82, 2.24) is 4.98 Å². The second-order valence-electron chi connectivity index (χ2n) is 5.70. The molecular weight excluding hydrogens is 442 g/mol. The Morgan fingerprint density at radius 1 is 1.37 bits per heavy atom. The van der Waals surface area contributed by atoms with Gasteiger partial charge in [0, 0.05) is 23.9 Å². The number of aromatic nitrogens is 1. The van der Waals surface area contributed by atoms with Crippen LogP contribution in [0.3, 0.4) is 0 Å². The lowest BCUT2D eigenvalue weighted by molar-refractivity contribution is -0.384. The summed E-state index contributed by atoms with van der Waals surface area (Å²) >= 11 is 9.30. The number of pyridine rings is 1. The fraction of sp³-hybridized carbons (Fsp3) is 0.235. The van der Waals surface area contributed by atoms with Gasteiger partial charge in [-0.15, -0.1) is 0 Å². The highest BCUT2D eigenvalue weighted by molar-refractivity contribution is 9.10. The highest BCUT2D eigenvalue weighted by Crippen LogP contribution is 2.27. The predicted octanol–water partition coefficient (Wildman–Crippen LogP) is 4.15. The maximum absolute atomic E-state index is 12.4. The smallest absolute Gasteiger partial charge is 0.311 e. The van der Waals surface area contributed by atoms with Crippen LogP contribution in [0.1, 0.15) is 19.4 Å². The second kappa shape index (κ2) is 8.92. The van der Waals surface area contributed by atoms with Crippen molar-refractivity contribution in [3.8, 4) is 5.75 Å². The van der Waals surface area contributed by atoms with E-state index in [9.17, 15) is 19.7 Å². The Hall–Kier alpha value is -2.52. The molecule has 1 aromatic carbocycles. The van der Waals surface area contributed by atoms with Gasteiger partial charge in [0.1, 0.15) is 10.4 Å². The van der Waals surface area contributed by atoms with Gasteiger partial charge in [0.15, 0.2) is 0 Å². The topological polar surface area (TPSA) is 111 Å². The summed E-state index contributed by atoms with van der Waals surface area (Å²) in [5.41, 5.74) is 0.370. The number of rotatable bonds is 6. The van der Waals surface area contributed by atoms with E-state index in [1.807, 2.05) is 0 Å². The number of amides is 1. The summed E-state index contributed by atoms with van der Waals surface area (Å²) in [6.07, 6.45) is 0.285. The molecule has 1 atom stereocenters. The van der Waals surface area contributed by atoms with Gasteiger partial charge in [-0.1, -0.05) is 24.6 Å². The maximum atomic E-state index is 12.4. The fourth-order valence-corrected chi connectivity index (χ4v) is 2.81. The summed E-state index contributed by atoms with van der Waals surface area (Å²) in [5, 5.41) is 13.9. The molecule has 2 aromatic rings. The zero-order valence-corrected chi connectivity index (χ0v) is 16.7. The maximum Gasteiger partial charge on any atom is 0.311 e. The number of carbonyl (C=O) groups is 2. The largest absolute Gasteiger partial charge is 0.427 e. The number of ether oxygens (including phenoxy) is 1. The molecule has 1 aromatic heterocycles. The van der Waals surface area contributed by atoms with Gasteiger partial charge < -0.3 is 10.1 Å². The van der Waals surface area contributed by atoms with Crippen LogP contribution in [0.15, 0.2) is 34.9 Å². The number of halogens is 2. The van der Waals surface area contributed by atoms with Gasteiger partial charge >= 0.3 is 11.7 Å². The normalized spacial score (nSPS) is 11.6. The molecule has 1 amide bonds. The fourth-order valence-electron chi connectivity index (χ4n) is 2.25. The van der Waals surface area contributed by atoms with Crippen LogP contribution in [0.5, 0.6) is 5.75 Å². The summed E-state index contributed by atoms with van der Waals surface area (Å²) in [4.78, 5) is 37.8. The Morgan fingerprint density at radius 2 is 2.07 bits per heavy atom. The van der Waals surface area contributed by atoms with Crippen molar-refractivity contribution in [3.05, 3.63) is 55.6 Å². The molecule has 2 rings (SSSR count). The van der Waals surface area contributed by atoms with E-state index in [1.165, 1.54) is 25.1 Å². The van der Waals surface area contributed by atoms with Gasteiger partial charge in [-0.25, -0.2) is 4.98 Å². The Bertz CT molecular complexity index is 906. The number of esters is 1. The van der Waals surface area contributed by atoms with E-state index in [-0.39, 0.29) is 17.9 Å². The third-order valence-corrected chi connectivity index (χ3v) is 4.33. The zero-order valence-electron chi connectivity index (χ0n) is 14.4. The number of hydrogen-bond donors (Lipinski definition) is 1. The van der Waals surface area contributed by atoms with Crippen molar-refractivity contribution in [3.63, 3.8) is 0 Å². The molecule has 0 radical (unpaired) electrons. The minimum atomic E-state index is -0.621. The average Bonchev–Trinajstić information content (AvgIpc) is 2.56. The van der Waals surface area contributed by atoms with Gasteiger partial charge in [-0.05, 0) is 46.1 Å². The molecule has 0 aliphatic carbocycles. The van der Waals surface area contributed by atoms with Crippen molar-refractivity contribution in [2.45, 2.75) is 20.3 Å². The van der Waals surface area contributed by atoms with Gasteiger partial charge in [0.05, 0.1) is 4.92 Å². The standard InChI is InChI=1S/C17H15BrClN3O5/c1-9(7-11-3-4-12(8-13(11)19)27-10(2)23)17(24)21-16-14(22(25)26)5-6-15(18)20-16/h3-6,8-9H,7H2,1-2H3,(H,20,21,24). The van der Waals surface area contributed by atoms with Crippen molar-refractivity contribution in [2.24, 2.45) is 5.92 Å². The van der Waals surface area contributed by atoms with Crippen LogP contribution in [0.2, 0.25) is 5.02 Å². The zero-order chi connectivity index (χ0) is 20.1. The Kier molecular flexibility index (Phi) is 6.86. The van der Waals surface area contributed by atoms with Crippen LogP contribution in [-0.4, -0.2) is 21.8 Å². The van der Waals surface area contributed by atoms with E-state index < -0.39 is 22.7 Å². The average molecular weight is 457 g/mol. The molecule has 1 unspecified atom stereocenters. The van der Waals surface area contributed by atoms with Gasteiger partial charge in [-0.3, -0.25) is 19.7 Å². The summed E-state index contributed by atoms with van der Waals surface area (Å²) in [5.74, 6) is -1.27. The number of benzene rings is 1. The molecule has 0 bridgehead atoms. The molecule has 1 N–H and O–H groups in total. The SMILES string of the molecule is CC(=O)Oc1ccc(CC(C)C(=O)Nc2nc(Br)ccc2[N+](=O)[O-])c(Cl)c1. The molecule has 142 valence electrons. The van der Waals surface area contributed by atoms with E-state index in [0.29, 0.717) is 20.9 Å². The van der Waals surface area contributed by atoms with E-state index in [2.05, 4.69) is 26.2 Å².